The molecular formula is C15H20ClFO. The molecule has 1 N–H and O–H groups in total. The molecule has 1 atom stereocenters. The van der Waals surface area contributed by atoms with Crippen molar-refractivity contribution in [1.82, 2.24) is 0 Å². The van der Waals surface area contributed by atoms with Crippen molar-refractivity contribution in [2.75, 3.05) is 0 Å². The Bertz CT molecular complexity index is 411. The molecule has 0 saturated heterocycles. The molecule has 1 aliphatic rings. The van der Waals surface area contributed by atoms with Crippen LogP contribution >= 0.6 is 11.6 Å². The van der Waals surface area contributed by atoms with Crippen molar-refractivity contribution >= 4 is 11.6 Å². The molecule has 0 radical (unpaired) electrons. The van der Waals surface area contributed by atoms with Gasteiger partial charge in [0.05, 0.1) is 5.60 Å². The van der Waals surface area contributed by atoms with E-state index in [2.05, 4.69) is 0 Å². The molecule has 18 heavy (non-hydrogen) atoms. The van der Waals surface area contributed by atoms with E-state index in [0.29, 0.717) is 17.0 Å². The van der Waals surface area contributed by atoms with Gasteiger partial charge in [0.25, 0.3) is 0 Å². The highest BCUT2D eigenvalue weighted by Crippen LogP contribution is 2.35. The number of aliphatic hydroxyl groups is 1. The van der Waals surface area contributed by atoms with Crippen LogP contribution in [0.25, 0.3) is 0 Å². The Labute approximate surface area is 113 Å². The molecule has 0 aromatic heterocycles. The molecule has 0 heterocycles. The minimum atomic E-state index is -0.824. The summed E-state index contributed by atoms with van der Waals surface area (Å²) in [4.78, 5) is 0. The van der Waals surface area contributed by atoms with Gasteiger partial charge in [-0.25, -0.2) is 4.39 Å². The van der Waals surface area contributed by atoms with Gasteiger partial charge in [-0.3, -0.25) is 0 Å². The molecule has 1 aromatic rings. The summed E-state index contributed by atoms with van der Waals surface area (Å²) in [5.41, 5.74) is -0.273. The molecule has 3 heteroatoms. The Kier molecular flexibility index (Phi) is 4.29. The molecule has 1 saturated carbocycles. The summed E-state index contributed by atoms with van der Waals surface area (Å²) in [5.74, 6) is -0.0417. The van der Waals surface area contributed by atoms with Crippen molar-refractivity contribution < 1.29 is 9.50 Å². The second-order valence-electron chi connectivity index (χ2n) is 5.60. The van der Waals surface area contributed by atoms with Gasteiger partial charge in [0.1, 0.15) is 5.82 Å². The molecular weight excluding hydrogens is 251 g/mol. The fourth-order valence-corrected chi connectivity index (χ4v) is 3.08. The fraction of sp³-hybridized carbons (Fsp3) is 0.600. The highest BCUT2D eigenvalue weighted by molar-refractivity contribution is 6.30. The standard InChI is InChI=1S/C15H20ClFO/c1-15(18,12-5-3-2-4-6-12)10-11-7-8-13(16)9-14(11)17/h7-9,12,18H,2-6,10H2,1H3. The van der Waals surface area contributed by atoms with E-state index in [9.17, 15) is 9.50 Å². The lowest BCUT2D eigenvalue weighted by molar-refractivity contribution is -0.0165. The fourth-order valence-electron chi connectivity index (χ4n) is 2.92. The van der Waals surface area contributed by atoms with Crippen LogP contribution in [0.3, 0.4) is 0 Å². The summed E-state index contributed by atoms with van der Waals surface area (Å²) in [5, 5.41) is 11.0. The van der Waals surface area contributed by atoms with Crippen LogP contribution in [0, 0.1) is 11.7 Å². The highest BCUT2D eigenvalue weighted by Gasteiger charge is 2.33. The van der Waals surface area contributed by atoms with Crippen LogP contribution in [0.2, 0.25) is 5.02 Å². The van der Waals surface area contributed by atoms with E-state index in [-0.39, 0.29) is 11.7 Å². The third kappa shape index (κ3) is 3.24. The molecule has 1 aromatic carbocycles. The minimum absolute atomic E-state index is 0.279. The molecule has 1 aliphatic carbocycles. The lowest BCUT2D eigenvalue weighted by Gasteiger charge is -2.35. The van der Waals surface area contributed by atoms with Gasteiger partial charge < -0.3 is 5.11 Å². The van der Waals surface area contributed by atoms with E-state index < -0.39 is 5.60 Å². The van der Waals surface area contributed by atoms with Crippen LogP contribution in [0.5, 0.6) is 0 Å². The number of rotatable bonds is 3. The van der Waals surface area contributed by atoms with Gasteiger partial charge >= 0.3 is 0 Å². The predicted molar refractivity (Wildman–Crippen MR) is 72.3 cm³/mol. The van der Waals surface area contributed by atoms with E-state index in [1.807, 2.05) is 6.92 Å². The Morgan fingerprint density at radius 2 is 2.00 bits per heavy atom. The molecule has 100 valence electrons. The second kappa shape index (κ2) is 5.58. The van der Waals surface area contributed by atoms with Gasteiger partial charge in [0, 0.05) is 11.4 Å². The molecule has 0 spiro atoms. The Morgan fingerprint density at radius 3 is 2.61 bits per heavy atom. The molecule has 1 nitrogen and oxygen atoms in total. The summed E-state index contributed by atoms with van der Waals surface area (Å²) in [6, 6.07) is 4.67. The molecule has 1 unspecified atom stereocenters. The Hall–Kier alpha value is -0.600. The van der Waals surface area contributed by atoms with E-state index >= 15 is 0 Å². The van der Waals surface area contributed by atoms with Gasteiger partial charge in [-0.15, -0.1) is 0 Å². The zero-order valence-corrected chi connectivity index (χ0v) is 11.5. The number of benzene rings is 1. The maximum absolute atomic E-state index is 13.8. The summed E-state index contributed by atoms with van der Waals surface area (Å²) in [6.07, 6.45) is 6.04. The lowest BCUT2D eigenvalue weighted by Crippen LogP contribution is -2.38. The lowest BCUT2D eigenvalue weighted by atomic mass is 9.75. The van der Waals surface area contributed by atoms with Crippen LogP contribution in [0.1, 0.15) is 44.6 Å². The smallest absolute Gasteiger partial charge is 0.127 e. The predicted octanol–water partition coefficient (Wildman–Crippen LogP) is 4.35. The summed E-state index contributed by atoms with van der Waals surface area (Å²) < 4.78 is 13.8. The van der Waals surface area contributed by atoms with Crippen LogP contribution in [0.4, 0.5) is 4.39 Å². The zero-order chi connectivity index (χ0) is 13.2. The van der Waals surface area contributed by atoms with Crippen molar-refractivity contribution in [2.24, 2.45) is 5.92 Å². The average Bonchev–Trinajstić information content (AvgIpc) is 2.34. The van der Waals surface area contributed by atoms with E-state index in [1.165, 1.54) is 25.3 Å². The van der Waals surface area contributed by atoms with Crippen LogP contribution in [0.15, 0.2) is 18.2 Å². The summed E-state index contributed by atoms with van der Waals surface area (Å²) >= 11 is 5.73. The van der Waals surface area contributed by atoms with Crippen molar-refractivity contribution in [3.63, 3.8) is 0 Å². The quantitative estimate of drug-likeness (QED) is 0.866. The first-order valence-corrected chi connectivity index (χ1v) is 7.03. The number of hydrogen-bond acceptors (Lipinski definition) is 1. The van der Waals surface area contributed by atoms with Crippen LogP contribution in [-0.2, 0) is 6.42 Å². The first-order valence-electron chi connectivity index (χ1n) is 6.65. The van der Waals surface area contributed by atoms with Crippen molar-refractivity contribution in [2.45, 2.75) is 51.0 Å². The molecule has 0 amide bonds. The number of halogens is 2. The summed E-state index contributed by atoms with van der Waals surface area (Å²) in [7, 11) is 0. The van der Waals surface area contributed by atoms with E-state index in [1.54, 1.807) is 12.1 Å². The maximum atomic E-state index is 13.8. The van der Waals surface area contributed by atoms with Gasteiger partial charge in [-0.05, 0) is 43.4 Å². The number of hydrogen-bond donors (Lipinski definition) is 1. The first kappa shape index (κ1) is 13.8. The summed E-state index contributed by atoms with van der Waals surface area (Å²) in [6.45, 7) is 1.83. The van der Waals surface area contributed by atoms with E-state index in [4.69, 9.17) is 11.6 Å². The van der Waals surface area contributed by atoms with Gasteiger partial charge in [0.15, 0.2) is 0 Å². The van der Waals surface area contributed by atoms with Crippen LogP contribution in [-0.4, -0.2) is 10.7 Å². The largest absolute Gasteiger partial charge is 0.390 e. The molecule has 2 rings (SSSR count). The third-order valence-electron chi connectivity index (χ3n) is 4.05. The van der Waals surface area contributed by atoms with Gasteiger partial charge in [-0.2, -0.15) is 0 Å². The van der Waals surface area contributed by atoms with Crippen molar-refractivity contribution in [3.05, 3.63) is 34.6 Å². The molecule has 0 bridgehead atoms. The third-order valence-corrected chi connectivity index (χ3v) is 4.28. The monoisotopic (exact) mass is 270 g/mol. The van der Waals surface area contributed by atoms with Gasteiger partial charge in [0.2, 0.25) is 0 Å². The van der Waals surface area contributed by atoms with Crippen LogP contribution < -0.4 is 0 Å². The first-order chi connectivity index (χ1) is 8.49. The van der Waals surface area contributed by atoms with E-state index in [0.717, 1.165) is 12.8 Å². The van der Waals surface area contributed by atoms with Gasteiger partial charge in [-0.1, -0.05) is 36.9 Å². The second-order valence-corrected chi connectivity index (χ2v) is 6.04. The normalized spacial score (nSPS) is 20.7. The maximum Gasteiger partial charge on any atom is 0.127 e. The molecule has 0 aliphatic heterocycles. The Morgan fingerprint density at radius 1 is 1.33 bits per heavy atom. The molecule has 1 fully saturated rings. The zero-order valence-electron chi connectivity index (χ0n) is 10.8. The highest BCUT2D eigenvalue weighted by atomic mass is 35.5. The van der Waals surface area contributed by atoms with Crippen molar-refractivity contribution in [3.8, 4) is 0 Å². The average molecular weight is 271 g/mol. The Balaban J connectivity index is 2.10. The topological polar surface area (TPSA) is 20.2 Å². The minimum Gasteiger partial charge on any atom is -0.390 e. The SMILES string of the molecule is CC(O)(Cc1ccc(Cl)cc1F)C1CCCCC1. The van der Waals surface area contributed by atoms with Crippen molar-refractivity contribution in [1.29, 1.82) is 0 Å².